The Morgan fingerprint density at radius 3 is 2.54 bits per heavy atom. The average Bonchev–Trinajstić information content (AvgIpc) is 2.61. The predicted molar refractivity (Wildman–Crippen MR) is 105 cm³/mol. The third-order valence-electron chi connectivity index (χ3n) is 3.34. The lowest BCUT2D eigenvalue weighted by molar-refractivity contribution is -0.123. The number of ether oxygens (including phenoxy) is 1. The quantitative estimate of drug-likeness (QED) is 0.550. The lowest BCUT2D eigenvalue weighted by Crippen LogP contribution is -2.45. The molecule has 2 rings (SSSR count). The van der Waals surface area contributed by atoms with E-state index in [0.717, 1.165) is 11.1 Å². The summed E-state index contributed by atoms with van der Waals surface area (Å²) in [4.78, 5) is 11.8. The summed E-state index contributed by atoms with van der Waals surface area (Å²) in [6, 6.07) is 12.3. The normalized spacial score (nSPS) is 9.77. The molecule has 134 valence electrons. The number of rotatable bonds is 4. The molecule has 0 saturated carbocycles. The number of nitriles is 1. The van der Waals surface area contributed by atoms with Crippen LogP contribution in [0.4, 0.5) is 5.69 Å². The van der Waals surface area contributed by atoms with Gasteiger partial charge < -0.3 is 10.1 Å². The number of amides is 1. The topological polar surface area (TPSA) is 86.2 Å². The van der Waals surface area contributed by atoms with Crippen LogP contribution in [-0.4, -0.2) is 17.6 Å². The first-order valence-electron chi connectivity index (χ1n) is 7.64. The van der Waals surface area contributed by atoms with Gasteiger partial charge in [0, 0.05) is 0 Å². The Morgan fingerprint density at radius 2 is 1.92 bits per heavy atom. The molecule has 0 aliphatic carbocycles. The molecule has 0 radical (unpaired) electrons. The molecule has 0 heterocycles. The molecule has 2 aromatic carbocycles. The van der Waals surface area contributed by atoms with Crippen molar-refractivity contribution in [3.63, 3.8) is 0 Å². The van der Waals surface area contributed by atoms with Crippen molar-refractivity contribution in [2.75, 3.05) is 11.9 Å². The summed E-state index contributed by atoms with van der Waals surface area (Å²) >= 11 is 11.3. The Labute approximate surface area is 162 Å². The first-order valence-corrected chi connectivity index (χ1v) is 8.43. The third kappa shape index (κ3) is 5.62. The van der Waals surface area contributed by atoms with Gasteiger partial charge in [-0.05, 0) is 67.5 Å². The van der Waals surface area contributed by atoms with Crippen LogP contribution in [0.5, 0.6) is 5.75 Å². The summed E-state index contributed by atoms with van der Waals surface area (Å²) < 4.78 is 5.32. The minimum absolute atomic E-state index is 0.200. The van der Waals surface area contributed by atoms with E-state index in [1.807, 2.05) is 32.0 Å². The maximum Gasteiger partial charge on any atom is 0.276 e. The molecule has 26 heavy (non-hydrogen) atoms. The second-order valence-electron chi connectivity index (χ2n) is 5.49. The number of hydrazine groups is 1. The van der Waals surface area contributed by atoms with E-state index in [1.165, 1.54) is 0 Å². The van der Waals surface area contributed by atoms with Gasteiger partial charge in [0.2, 0.25) is 0 Å². The van der Waals surface area contributed by atoms with Crippen LogP contribution in [0.15, 0.2) is 36.4 Å². The van der Waals surface area contributed by atoms with E-state index in [0.29, 0.717) is 22.0 Å². The Balaban J connectivity index is 1.80. The fourth-order valence-electron chi connectivity index (χ4n) is 2.16. The van der Waals surface area contributed by atoms with Crippen LogP contribution in [0.1, 0.15) is 16.7 Å². The van der Waals surface area contributed by atoms with Crippen LogP contribution in [0, 0.1) is 25.2 Å². The number of carbonyl (C=O) groups excluding carboxylic acids is 1. The lowest BCUT2D eigenvalue weighted by Gasteiger charge is -2.15. The summed E-state index contributed by atoms with van der Waals surface area (Å²) in [5, 5.41) is 12.4. The van der Waals surface area contributed by atoms with Gasteiger partial charge in [-0.2, -0.15) is 5.26 Å². The third-order valence-corrected chi connectivity index (χ3v) is 3.84. The Hall–Kier alpha value is -2.82. The van der Waals surface area contributed by atoms with Crippen LogP contribution < -0.4 is 20.9 Å². The molecule has 2 aromatic rings. The second kappa shape index (κ2) is 9.04. The molecule has 0 aromatic heterocycles. The lowest BCUT2D eigenvalue weighted by atomic mass is 10.1. The molecule has 0 atom stereocenters. The van der Waals surface area contributed by atoms with Crippen LogP contribution in [0.2, 0.25) is 5.02 Å². The van der Waals surface area contributed by atoms with E-state index < -0.39 is 5.91 Å². The molecule has 8 heteroatoms. The van der Waals surface area contributed by atoms with Gasteiger partial charge >= 0.3 is 0 Å². The number of aryl methyl sites for hydroxylation is 2. The van der Waals surface area contributed by atoms with Crippen molar-refractivity contribution in [2.45, 2.75) is 13.8 Å². The van der Waals surface area contributed by atoms with Crippen molar-refractivity contribution >= 4 is 40.5 Å². The zero-order valence-corrected chi connectivity index (χ0v) is 15.8. The SMILES string of the molecule is Cc1cc(C)c(NC(=S)NNC(=O)COc2ccc(C#N)cc2)c(Cl)c1. The monoisotopic (exact) mass is 388 g/mol. The summed E-state index contributed by atoms with van der Waals surface area (Å²) in [5.74, 6) is 0.0761. The molecular formula is C18H17ClN4O2S. The number of hydrogen-bond donors (Lipinski definition) is 3. The fourth-order valence-corrected chi connectivity index (χ4v) is 2.68. The number of nitrogens with one attached hydrogen (secondary N) is 3. The Bertz CT molecular complexity index is 839. The average molecular weight is 389 g/mol. The largest absolute Gasteiger partial charge is 0.484 e. The van der Waals surface area contributed by atoms with Crippen molar-refractivity contribution < 1.29 is 9.53 Å². The van der Waals surface area contributed by atoms with Gasteiger partial charge in [0.15, 0.2) is 11.7 Å². The Kier molecular flexibility index (Phi) is 6.78. The van der Waals surface area contributed by atoms with Gasteiger partial charge in [-0.15, -0.1) is 0 Å². The Morgan fingerprint density at radius 1 is 1.23 bits per heavy atom. The fraction of sp³-hybridized carbons (Fsp3) is 0.167. The van der Waals surface area contributed by atoms with Gasteiger partial charge in [-0.25, -0.2) is 0 Å². The van der Waals surface area contributed by atoms with Crippen LogP contribution in [0.3, 0.4) is 0 Å². The molecule has 0 fully saturated rings. The van der Waals surface area contributed by atoms with E-state index >= 15 is 0 Å². The maximum absolute atomic E-state index is 11.8. The minimum Gasteiger partial charge on any atom is -0.484 e. The number of benzene rings is 2. The van der Waals surface area contributed by atoms with Crippen LogP contribution >= 0.6 is 23.8 Å². The molecule has 0 saturated heterocycles. The number of thiocarbonyl (C=S) groups is 1. The summed E-state index contributed by atoms with van der Waals surface area (Å²) in [7, 11) is 0. The summed E-state index contributed by atoms with van der Waals surface area (Å²) in [6.07, 6.45) is 0. The number of anilines is 1. The van der Waals surface area contributed by atoms with E-state index in [9.17, 15) is 4.79 Å². The highest BCUT2D eigenvalue weighted by Crippen LogP contribution is 2.27. The molecular weight excluding hydrogens is 372 g/mol. The van der Waals surface area contributed by atoms with Crippen LogP contribution in [-0.2, 0) is 4.79 Å². The van der Waals surface area contributed by atoms with Crippen molar-refractivity contribution in [3.8, 4) is 11.8 Å². The van der Waals surface area contributed by atoms with E-state index in [1.54, 1.807) is 24.3 Å². The van der Waals surface area contributed by atoms with E-state index in [-0.39, 0.29) is 11.7 Å². The molecule has 0 unspecified atom stereocenters. The first kappa shape index (κ1) is 19.5. The highest BCUT2D eigenvalue weighted by Gasteiger charge is 2.08. The number of nitrogens with zero attached hydrogens (tertiary/aromatic N) is 1. The molecule has 0 aliphatic rings. The highest BCUT2D eigenvalue weighted by molar-refractivity contribution is 7.80. The van der Waals surface area contributed by atoms with Gasteiger partial charge in [0.1, 0.15) is 5.75 Å². The van der Waals surface area contributed by atoms with Gasteiger partial charge in [0.25, 0.3) is 5.91 Å². The second-order valence-corrected chi connectivity index (χ2v) is 6.31. The molecule has 3 N–H and O–H groups in total. The highest BCUT2D eigenvalue weighted by atomic mass is 35.5. The van der Waals surface area contributed by atoms with E-state index in [4.69, 9.17) is 33.8 Å². The van der Waals surface area contributed by atoms with Crippen LogP contribution in [0.25, 0.3) is 0 Å². The predicted octanol–water partition coefficient (Wildman–Crippen LogP) is 3.23. The van der Waals surface area contributed by atoms with E-state index in [2.05, 4.69) is 16.2 Å². The standard InChI is InChI=1S/C18H17ClN4O2S/c1-11-7-12(2)17(15(19)8-11)21-18(26)23-22-16(24)10-25-14-5-3-13(9-20)4-6-14/h3-8H,10H2,1-2H3,(H,22,24)(H2,21,23,26). The van der Waals surface area contributed by atoms with Crippen molar-refractivity contribution in [3.05, 3.63) is 58.1 Å². The number of hydrogen-bond acceptors (Lipinski definition) is 4. The molecule has 0 spiro atoms. The molecule has 6 nitrogen and oxygen atoms in total. The maximum atomic E-state index is 11.8. The van der Waals surface area contributed by atoms with Gasteiger partial charge in [0.05, 0.1) is 22.3 Å². The smallest absolute Gasteiger partial charge is 0.276 e. The van der Waals surface area contributed by atoms with Crippen molar-refractivity contribution in [1.29, 1.82) is 5.26 Å². The first-order chi connectivity index (χ1) is 12.4. The molecule has 0 bridgehead atoms. The van der Waals surface area contributed by atoms with Crippen molar-refractivity contribution in [1.82, 2.24) is 10.9 Å². The van der Waals surface area contributed by atoms with Gasteiger partial charge in [-0.1, -0.05) is 17.7 Å². The summed E-state index contributed by atoms with van der Waals surface area (Å²) in [6.45, 7) is 3.66. The zero-order chi connectivity index (χ0) is 19.1. The van der Waals surface area contributed by atoms with Crippen molar-refractivity contribution in [2.24, 2.45) is 0 Å². The zero-order valence-electron chi connectivity index (χ0n) is 14.2. The van der Waals surface area contributed by atoms with Gasteiger partial charge in [-0.3, -0.25) is 15.6 Å². The minimum atomic E-state index is -0.412. The number of carbonyl (C=O) groups is 1. The summed E-state index contributed by atoms with van der Waals surface area (Å²) in [5.41, 5.74) is 8.21. The molecule has 1 amide bonds. The molecule has 0 aliphatic heterocycles. The number of halogens is 1.